The first kappa shape index (κ1) is 11.3. The Morgan fingerprint density at radius 3 is 2.79 bits per heavy atom. The lowest BCUT2D eigenvalue weighted by Crippen LogP contribution is -2.39. The van der Waals surface area contributed by atoms with Gasteiger partial charge in [0.15, 0.2) is 5.78 Å². The van der Waals surface area contributed by atoms with Crippen LogP contribution in [0, 0.1) is 0 Å². The van der Waals surface area contributed by atoms with E-state index in [4.69, 9.17) is 0 Å². The van der Waals surface area contributed by atoms with Gasteiger partial charge in [0.2, 0.25) is 0 Å². The predicted octanol–water partition coefficient (Wildman–Crippen LogP) is 1.64. The third-order valence-electron chi connectivity index (χ3n) is 1.65. The highest BCUT2D eigenvalue weighted by atomic mass is 32.1. The zero-order valence-corrected chi connectivity index (χ0v) is 9.65. The first-order valence-electron chi connectivity index (χ1n) is 4.62. The monoisotopic (exact) mass is 212 g/mol. The molecule has 78 valence electrons. The third kappa shape index (κ3) is 4.48. The van der Waals surface area contributed by atoms with E-state index in [2.05, 4.69) is 10.3 Å². The molecular formula is C10H16N2OS. The summed E-state index contributed by atoms with van der Waals surface area (Å²) in [5, 5.41) is 5.94. The molecule has 0 aromatic carbocycles. The van der Waals surface area contributed by atoms with E-state index in [0.29, 0.717) is 13.0 Å². The average Bonchev–Trinajstić information content (AvgIpc) is 2.52. The fourth-order valence-electron chi connectivity index (χ4n) is 0.935. The second kappa shape index (κ2) is 4.66. The van der Waals surface area contributed by atoms with Crippen LogP contribution in [0.1, 0.15) is 25.8 Å². The Morgan fingerprint density at radius 1 is 1.57 bits per heavy atom. The van der Waals surface area contributed by atoms with Crippen LogP contribution in [0.15, 0.2) is 11.6 Å². The van der Waals surface area contributed by atoms with Crippen molar-refractivity contribution in [3.8, 4) is 0 Å². The Balaban J connectivity index is 2.30. The van der Waals surface area contributed by atoms with E-state index in [9.17, 15) is 4.79 Å². The molecule has 1 aromatic heterocycles. The van der Waals surface area contributed by atoms with E-state index >= 15 is 0 Å². The van der Waals surface area contributed by atoms with Crippen LogP contribution in [0.2, 0.25) is 0 Å². The summed E-state index contributed by atoms with van der Waals surface area (Å²) < 4.78 is 0. The Labute approximate surface area is 88.6 Å². The molecule has 0 fully saturated rings. The molecule has 0 spiro atoms. The van der Waals surface area contributed by atoms with Crippen LogP contribution in [0.5, 0.6) is 0 Å². The van der Waals surface area contributed by atoms with E-state index < -0.39 is 0 Å². The second-order valence-electron chi connectivity index (χ2n) is 4.24. The summed E-state index contributed by atoms with van der Waals surface area (Å²) in [7, 11) is 0. The molecular weight excluding hydrogens is 196 g/mol. The number of carbonyl (C=O) groups excluding carboxylic acids is 1. The van der Waals surface area contributed by atoms with Crippen LogP contribution >= 0.6 is 11.3 Å². The molecule has 0 atom stereocenters. The molecule has 4 heteroatoms. The van der Waals surface area contributed by atoms with E-state index in [-0.39, 0.29) is 11.3 Å². The van der Waals surface area contributed by atoms with Gasteiger partial charge in [-0.25, -0.2) is 4.98 Å². The van der Waals surface area contributed by atoms with Crippen molar-refractivity contribution in [1.82, 2.24) is 10.3 Å². The van der Waals surface area contributed by atoms with Crippen molar-refractivity contribution in [2.24, 2.45) is 0 Å². The molecule has 1 rings (SSSR count). The highest BCUT2D eigenvalue weighted by Gasteiger charge is 2.12. The highest BCUT2D eigenvalue weighted by molar-refractivity contribution is 7.09. The van der Waals surface area contributed by atoms with Gasteiger partial charge >= 0.3 is 0 Å². The van der Waals surface area contributed by atoms with E-state index in [1.165, 1.54) is 11.3 Å². The number of carbonyl (C=O) groups is 1. The smallest absolute Gasteiger partial charge is 0.153 e. The lowest BCUT2D eigenvalue weighted by molar-refractivity contribution is -0.117. The normalized spacial score (nSPS) is 11.6. The number of rotatable bonds is 4. The number of hydrogen-bond acceptors (Lipinski definition) is 4. The minimum Gasteiger partial charge on any atom is -0.305 e. The third-order valence-corrected chi connectivity index (χ3v) is 2.43. The topological polar surface area (TPSA) is 42.0 Å². The molecule has 0 aliphatic rings. The lowest BCUT2D eigenvalue weighted by atomic mass is 10.1. The standard InChI is InChI=1S/C10H16N2OS/c1-10(2,3)12-7-8(13)6-9-11-4-5-14-9/h4-5,12H,6-7H2,1-3H3. The summed E-state index contributed by atoms with van der Waals surface area (Å²) in [6.07, 6.45) is 2.17. The Bertz CT molecular complexity index is 288. The van der Waals surface area contributed by atoms with Crippen molar-refractivity contribution in [3.63, 3.8) is 0 Å². The number of ketones is 1. The SMILES string of the molecule is CC(C)(C)NCC(=O)Cc1nccs1. The number of thiazole rings is 1. The number of aromatic nitrogens is 1. The first-order valence-corrected chi connectivity index (χ1v) is 5.50. The second-order valence-corrected chi connectivity index (χ2v) is 5.22. The average molecular weight is 212 g/mol. The molecule has 0 aliphatic carbocycles. The van der Waals surface area contributed by atoms with Crippen LogP contribution < -0.4 is 5.32 Å². The molecule has 1 heterocycles. The van der Waals surface area contributed by atoms with Gasteiger partial charge in [-0.15, -0.1) is 11.3 Å². The van der Waals surface area contributed by atoms with Crippen molar-refractivity contribution < 1.29 is 4.79 Å². The highest BCUT2D eigenvalue weighted by Crippen LogP contribution is 2.05. The van der Waals surface area contributed by atoms with E-state index in [1.54, 1.807) is 6.20 Å². The summed E-state index contributed by atoms with van der Waals surface area (Å²) in [5.74, 6) is 0.190. The number of nitrogens with zero attached hydrogens (tertiary/aromatic N) is 1. The van der Waals surface area contributed by atoms with Gasteiger partial charge in [-0.05, 0) is 20.8 Å². The molecule has 1 N–H and O–H groups in total. The van der Waals surface area contributed by atoms with E-state index in [0.717, 1.165) is 5.01 Å². The molecule has 3 nitrogen and oxygen atoms in total. The van der Waals surface area contributed by atoms with Gasteiger partial charge < -0.3 is 5.32 Å². The molecule has 0 aliphatic heterocycles. The zero-order valence-electron chi connectivity index (χ0n) is 8.83. The Hall–Kier alpha value is -0.740. The number of nitrogens with one attached hydrogen (secondary N) is 1. The van der Waals surface area contributed by atoms with Crippen molar-refractivity contribution in [2.75, 3.05) is 6.54 Å². The predicted molar refractivity (Wildman–Crippen MR) is 58.6 cm³/mol. The number of hydrogen-bond donors (Lipinski definition) is 1. The van der Waals surface area contributed by atoms with Gasteiger partial charge in [0, 0.05) is 17.1 Å². The van der Waals surface area contributed by atoms with Crippen molar-refractivity contribution in [3.05, 3.63) is 16.6 Å². The largest absolute Gasteiger partial charge is 0.305 e. The maximum Gasteiger partial charge on any atom is 0.153 e. The fourth-order valence-corrected chi connectivity index (χ4v) is 1.58. The lowest BCUT2D eigenvalue weighted by Gasteiger charge is -2.19. The first-order chi connectivity index (χ1) is 6.47. The molecule has 0 saturated heterocycles. The van der Waals surface area contributed by atoms with Crippen LogP contribution in [0.3, 0.4) is 0 Å². The van der Waals surface area contributed by atoms with Crippen LogP contribution in [0.25, 0.3) is 0 Å². The fraction of sp³-hybridized carbons (Fsp3) is 0.600. The summed E-state index contributed by atoms with van der Waals surface area (Å²) in [5.41, 5.74) is -0.00145. The van der Waals surface area contributed by atoms with Gasteiger partial charge in [-0.1, -0.05) is 0 Å². The van der Waals surface area contributed by atoms with Crippen LogP contribution in [0.4, 0.5) is 0 Å². The molecule has 0 radical (unpaired) electrons. The Kier molecular flexibility index (Phi) is 3.77. The molecule has 0 unspecified atom stereocenters. The van der Waals surface area contributed by atoms with Crippen molar-refractivity contribution >= 4 is 17.1 Å². The zero-order chi connectivity index (χ0) is 10.6. The van der Waals surface area contributed by atoms with Crippen molar-refractivity contribution in [2.45, 2.75) is 32.7 Å². The molecule has 14 heavy (non-hydrogen) atoms. The quantitative estimate of drug-likeness (QED) is 0.825. The minimum atomic E-state index is -0.00145. The van der Waals surface area contributed by atoms with Crippen LogP contribution in [-0.4, -0.2) is 22.9 Å². The Morgan fingerprint density at radius 2 is 2.29 bits per heavy atom. The minimum absolute atomic E-state index is 0.00145. The summed E-state index contributed by atoms with van der Waals surface area (Å²) in [6.45, 7) is 6.56. The summed E-state index contributed by atoms with van der Waals surface area (Å²) >= 11 is 1.52. The maximum atomic E-state index is 11.5. The molecule has 0 bridgehead atoms. The molecule has 0 saturated carbocycles. The van der Waals surface area contributed by atoms with Gasteiger partial charge in [0.25, 0.3) is 0 Å². The number of Topliss-reactive ketones (excluding diaryl/α,β-unsaturated/α-hetero) is 1. The molecule has 1 aromatic rings. The molecule has 0 amide bonds. The van der Waals surface area contributed by atoms with Gasteiger partial charge in [0.05, 0.1) is 18.0 Å². The van der Waals surface area contributed by atoms with Gasteiger partial charge in [0.1, 0.15) is 0 Å². The van der Waals surface area contributed by atoms with Crippen LogP contribution in [-0.2, 0) is 11.2 Å². The summed E-state index contributed by atoms with van der Waals surface area (Å²) in [4.78, 5) is 15.5. The maximum absolute atomic E-state index is 11.5. The van der Waals surface area contributed by atoms with Gasteiger partial charge in [-0.3, -0.25) is 4.79 Å². The van der Waals surface area contributed by atoms with E-state index in [1.807, 2.05) is 26.2 Å². The van der Waals surface area contributed by atoms with Crippen molar-refractivity contribution in [1.29, 1.82) is 0 Å². The van der Waals surface area contributed by atoms with Gasteiger partial charge in [-0.2, -0.15) is 0 Å². The summed E-state index contributed by atoms with van der Waals surface area (Å²) in [6, 6.07) is 0.